The van der Waals surface area contributed by atoms with Gasteiger partial charge in [0.05, 0.1) is 17.8 Å². The molecule has 0 spiro atoms. The van der Waals surface area contributed by atoms with E-state index in [1.165, 1.54) is 0 Å². The summed E-state index contributed by atoms with van der Waals surface area (Å²) >= 11 is 0. The van der Waals surface area contributed by atoms with Gasteiger partial charge in [-0.25, -0.2) is 0 Å². The van der Waals surface area contributed by atoms with Gasteiger partial charge in [0.15, 0.2) is 0 Å². The van der Waals surface area contributed by atoms with Crippen molar-refractivity contribution in [1.82, 2.24) is 10.3 Å². The topological polar surface area (TPSA) is 45.1 Å². The lowest BCUT2D eigenvalue weighted by atomic mass is 10.0. The van der Waals surface area contributed by atoms with Crippen LogP contribution in [0.15, 0.2) is 36.4 Å². The monoisotopic (exact) mass is 258 g/mol. The number of aromatic nitrogens is 1. The van der Waals surface area contributed by atoms with E-state index in [4.69, 9.17) is 0 Å². The van der Waals surface area contributed by atoms with Crippen LogP contribution >= 0.6 is 0 Å². The highest BCUT2D eigenvalue weighted by atomic mass is 16.3. The third-order valence-electron chi connectivity index (χ3n) is 3.20. The van der Waals surface area contributed by atoms with E-state index in [0.717, 1.165) is 23.0 Å². The van der Waals surface area contributed by atoms with Crippen molar-refractivity contribution in [3.63, 3.8) is 0 Å². The first-order valence-electron chi connectivity index (χ1n) is 6.88. The van der Waals surface area contributed by atoms with E-state index in [-0.39, 0.29) is 12.6 Å². The minimum absolute atomic E-state index is 0.147. The second-order valence-corrected chi connectivity index (χ2v) is 5.39. The van der Waals surface area contributed by atoms with E-state index >= 15 is 0 Å². The third-order valence-corrected chi connectivity index (χ3v) is 3.20. The van der Waals surface area contributed by atoms with Crippen LogP contribution in [0.1, 0.15) is 26.0 Å². The van der Waals surface area contributed by atoms with Crippen molar-refractivity contribution in [3.05, 3.63) is 42.1 Å². The molecule has 0 saturated heterocycles. The van der Waals surface area contributed by atoms with Gasteiger partial charge in [0, 0.05) is 18.0 Å². The van der Waals surface area contributed by atoms with Gasteiger partial charge in [0.25, 0.3) is 0 Å². The molecule has 102 valence electrons. The fraction of sp³-hybridized carbons (Fsp3) is 0.438. The van der Waals surface area contributed by atoms with E-state index in [0.29, 0.717) is 12.5 Å². The second-order valence-electron chi connectivity index (χ2n) is 5.39. The SMILES string of the molecule is CC(C)CC(CO)NCc1ccc2ccccc2n1. The molecule has 0 radical (unpaired) electrons. The van der Waals surface area contributed by atoms with Crippen molar-refractivity contribution in [3.8, 4) is 0 Å². The van der Waals surface area contributed by atoms with Gasteiger partial charge in [-0.3, -0.25) is 4.98 Å². The third kappa shape index (κ3) is 4.01. The number of hydrogen-bond donors (Lipinski definition) is 2. The largest absolute Gasteiger partial charge is 0.395 e. The summed E-state index contributed by atoms with van der Waals surface area (Å²) in [7, 11) is 0. The molecule has 1 aromatic heterocycles. The Morgan fingerprint density at radius 3 is 2.68 bits per heavy atom. The Morgan fingerprint density at radius 1 is 1.16 bits per heavy atom. The predicted octanol–water partition coefficient (Wildman–Crippen LogP) is 2.73. The van der Waals surface area contributed by atoms with Crippen molar-refractivity contribution in [2.75, 3.05) is 6.61 Å². The quantitative estimate of drug-likeness (QED) is 0.837. The van der Waals surface area contributed by atoms with Gasteiger partial charge in [-0.1, -0.05) is 38.1 Å². The predicted molar refractivity (Wildman–Crippen MR) is 78.9 cm³/mol. The van der Waals surface area contributed by atoms with Crippen molar-refractivity contribution in [2.24, 2.45) is 5.92 Å². The molecule has 0 aliphatic rings. The molecule has 2 N–H and O–H groups in total. The van der Waals surface area contributed by atoms with Crippen LogP contribution in [0.4, 0.5) is 0 Å². The van der Waals surface area contributed by atoms with Crippen LogP contribution in [0.3, 0.4) is 0 Å². The normalized spacial score (nSPS) is 13.1. The van der Waals surface area contributed by atoms with Gasteiger partial charge >= 0.3 is 0 Å². The number of nitrogens with zero attached hydrogens (tertiary/aromatic N) is 1. The number of aliphatic hydroxyl groups excluding tert-OH is 1. The molecule has 3 nitrogen and oxygen atoms in total. The average molecular weight is 258 g/mol. The van der Waals surface area contributed by atoms with Crippen molar-refractivity contribution < 1.29 is 5.11 Å². The second kappa shape index (κ2) is 6.64. The summed E-state index contributed by atoms with van der Waals surface area (Å²) < 4.78 is 0. The molecule has 0 aliphatic heterocycles. The number of para-hydroxylation sites is 1. The molecule has 1 aromatic carbocycles. The molecular formula is C16H22N2O. The first-order valence-corrected chi connectivity index (χ1v) is 6.88. The number of rotatable bonds is 6. The van der Waals surface area contributed by atoms with Crippen molar-refractivity contribution in [2.45, 2.75) is 32.9 Å². The molecule has 2 aromatic rings. The van der Waals surface area contributed by atoms with Crippen molar-refractivity contribution in [1.29, 1.82) is 0 Å². The van der Waals surface area contributed by atoms with Gasteiger partial charge in [-0.05, 0) is 24.5 Å². The lowest BCUT2D eigenvalue weighted by molar-refractivity contribution is 0.223. The van der Waals surface area contributed by atoms with Crippen LogP contribution in [0.25, 0.3) is 10.9 Å². The maximum absolute atomic E-state index is 9.34. The molecule has 2 rings (SSSR count). The maximum Gasteiger partial charge on any atom is 0.0705 e. The number of hydrogen-bond acceptors (Lipinski definition) is 3. The summed E-state index contributed by atoms with van der Waals surface area (Å²) in [5.41, 5.74) is 2.03. The lowest BCUT2D eigenvalue weighted by Gasteiger charge is -2.18. The number of aliphatic hydroxyl groups is 1. The molecule has 0 aliphatic carbocycles. The molecule has 0 fully saturated rings. The van der Waals surface area contributed by atoms with Gasteiger partial charge < -0.3 is 10.4 Å². The Labute approximate surface area is 114 Å². The minimum Gasteiger partial charge on any atom is -0.395 e. The number of fused-ring (bicyclic) bond motifs is 1. The maximum atomic E-state index is 9.34. The number of nitrogens with one attached hydrogen (secondary N) is 1. The molecular weight excluding hydrogens is 236 g/mol. The zero-order valence-electron chi connectivity index (χ0n) is 11.6. The molecule has 0 bridgehead atoms. The molecule has 0 saturated carbocycles. The Bertz CT molecular complexity index is 525. The highest BCUT2D eigenvalue weighted by Gasteiger charge is 2.09. The first-order chi connectivity index (χ1) is 9.19. The lowest BCUT2D eigenvalue weighted by Crippen LogP contribution is -2.33. The number of pyridine rings is 1. The Balaban J connectivity index is 2.00. The van der Waals surface area contributed by atoms with Crippen LogP contribution in [0.2, 0.25) is 0 Å². The molecule has 19 heavy (non-hydrogen) atoms. The van der Waals surface area contributed by atoms with E-state index in [1.54, 1.807) is 0 Å². The van der Waals surface area contributed by atoms with Crippen LogP contribution in [0.5, 0.6) is 0 Å². The van der Waals surface area contributed by atoms with E-state index in [2.05, 4.69) is 36.3 Å². The summed E-state index contributed by atoms with van der Waals surface area (Å²) in [6, 6.07) is 12.4. The Morgan fingerprint density at radius 2 is 1.95 bits per heavy atom. The molecule has 3 heteroatoms. The van der Waals surface area contributed by atoms with E-state index in [9.17, 15) is 5.11 Å². The highest BCUT2D eigenvalue weighted by molar-refractivity contribution is 5.78. The van der Waals surface area contributed by atoms with Gasteiger partial charge in [-0.2, -0.15) is 0 Å². The Kier molecular flexibility index (Phi) is 4.88. The van der Waals surface area contributed by atoms with Crippen LogP contribution in [-0.2, 0) is 6.54 Å². The summed E-state index contributed by atoms with van der Waals surface area (Å²) in [6.07, 6.45) is 0.976. The fourth-order valence-corrected chi connectivity index (χ4v) is 2.25. The van der Waals surface area contributed by atoms with E-state index in [1.807, 2.05) is 24.3 Å². The molecule has 1 heterocycles. The standard InChI is InChI=1S/C16H22N2O/c1-12(2)9-15(11-19)17-10-14-8-7-13-5-3-4-6-16(13)18-14/h3-8,12,15,17,19H,9-11H2,1-2H3. The highest BCUT2D eigenvalue weighted by Crippen LogP contribution is 2.12. The summed E-state index contributed by atoms with van der Waals surface area (Å²) in [6.45, 7) is 5.20. The molecule has 1 atom stereocenters. The van der Waals surface area contributed by atoms with Crippen LogP contribution in [-0.4, -0.2) is 22.7 Å². The summed E-state index contributed by atoms with van der Waals surface area (Å²) in [5, 5.41) is 13.9. The smallest absolute Gasteiger partial charge is 0.0705 e. The van der Waals surface area contributed by atoms with E-state index < -0.39 is 0 Å². The molecule has 1 unspecified atom stereocenters. The van der Waals surface area contributed by atoms with Gasteiger partial charge in [0.2, 0.25) is 0 Å². The Hall–Kier alpha value is -1.45. The van der Waals surface area contributed by atoms with Crippen LogP contribution in [0, 0.1) is 5.92 Å². The fourth-order valence-electron chi connectivity index (χ4n) is 2.25. The van der Waals surface area contributed by atoms with Gasteiger partial charge in [0.1, 0.15) is 0 Å². The summed E-state index contributed by atoms with van der Waals surface area (Å²) in [5.74, 6) is 0.578. The molecule has 0 amide bonds. The van der Waals surface area contributed by atoms with Crippen LogP contribution < -0.4 is 5.32 Å². The minimum atomic E-state index is 0.147. The summed E-state index contributed by atoms with van der Waals surface area (Å²) in [4.78, 5) is 4.62. The first kappa shape index (κ1) is 14.0. The number of benzene rings is 1. The average Bonchev–Trinajstić information content (AvgIpc) is 2.42. The van der Waals surface area contributed by atoms with Gasteiger partial charge in [-0.15, -0.1) is 0 Å². The zero-order chi connectivity index (χ0) is 13.7. The van der Waals surface area contributed by atoms with Crippen molar-refractivity contribution >= 4 is 10.9 Å². The zero-order valence-corrected chi connectivity index (χ0v) is 11.6.